The second kappa shape index (κ2) is 13.6. The monoisotopic (exact) mass is 670 g/mol. The molecule has 0 radical (unpaired) electrons. The number of fused-ring (bicyclic) bond motifs is 5. The van der Waals surface area contributed by atoms with E-state index in [1.165, 1.54) is 115 Å². The number of unbranched alkanes of at least 4 members (excludes halogenated alkanes) is 2. The molecular formula is C47H50N4. The fourth-order valence-electron chi connectivity index (χ4n) is 8.73. The summed E-state index contributed by atoms with van der Waals surface area (Å²) in [7, 11) is 0. The highest BCUT2D eigenvalue weighted by atomic mass is 14.9. The molecule has 0 unspecified atom stereocenters. The van der Waals surface area contributed by atoms with E-state index in [0.717, 1.165) is 48.5 Å². The van der Waals surface area contributed by atoms with Crippen LogP contribution in [0.25, 0.3) is 34.2 Å². The van der Waals surface area contributed by atoms with Crippen molar-refractivity contribution in [1.82, 2.24) is 9.97 Å². The van der Waals surface area contributed by atoms with E-state index in [0.29, 0.717) is 6.42 Å². The van der Waals surface area contributed by atoms with Gasteiger partial charge in [-0.25, -0.2) is 0 Å². The Morgan fingerprint density at radius 2 is 1.27 bits per heavy atom. The Morgan fingerprint density at radius 3 is 1.98 bits per heavy atom. The lowest BCUT2D eigenvalue weighted by Crippen LogP contribution is -2.13. The number of nitrogens with one attached hydrogen (secondary N) is 2. The minimum atomic E-state index is 0.700. The maximum Gasteiger partial charge on any atom is 0.0735 e. The van der Waals surface area contributed by atoms with Crippen LogP contribution < -0.4 is 0 Å². The summed E-state index contributed by atoms with van der Waals surface area (Å²) in [6.07, 6.45) is 14.4. The van der Waals surface area contributed by atoms with Crippen molar-refractivity contribution in [2.75, 3.05) is 0 Å². The summed E-state index contributed by atoms with van der Waals surface area (Å²) in [5.74, 6) is 0. The number of H-pyrrole nitrogens is 2. The van der Waals surface area contributed by atoms with Crippen LogP contribution in [0.15, 0.2) is 81.9 Å². The maximum absolute atomic E-state index is 5.53. The minimum absolute atomic E-state index is 0.700. The number of allylic oxidation sites excluding steroid dienone is 2. The van der Waals surface area contributed by atoms with Crippen LogP contribution in [0.1, 0.15) is 120 Å². The van der Waals surface area contributed by atoms with Crippen molar-refractivity contribution in [3.05, 3.63) is 139 Å². The van der Waals surface area contributed by atoms with Crippen LogP contribution in [0.5, 0.6) is 0 Å². The van der Waals surface area contributed by atoms with Crippen LogP contribution in [0.2, 0.25) is 0 Å². The van der Waals surface area contributed by atoms with Gasteiger partial charge in [-0.1, -0.05) is 87.4 Å². The van der Waals surface area contributed by atoms with Crippen LogP contribution in [0, 0.1) is 27.7 Å². The summed E-state index contributed by atoms with van der Waals surface area (Å²) < 4.78 is 0. The molecule has 258 valence electrons. The molecule has 8 rings (SSSR count). The molecular weight excluding hydrogens is 621 g/mol. The van der Waals surface area contributed by atoms with Gasteiger partial charge in [-0.15, -0.1) is 0 Å². The smallest absolute Gasteiger partial charge is 0.0735 e. The van der Waals surface area contributed by atoms with Crippen molar-refractivity contribution in [2.45, 2.75) is 99.3 Å². The fourth-order valence-corrected chi connectivity index (χ4v) is 8.73. The van der Waals surface area contributed by atoms with Gasteiger partial charge in [0.05, 0.1) is 22.8 Å². The average Bonchev–Trinajstić information content (AvgIpc) is 3.83. The highest BCUT2D eigenvalue weighted by Gasteiger charge is 2.33. The molecule has 4 nitrogen and oxygen atoms in total. The van der Waals surface area contributed by atoms with Crippen molar-refractivity contribution in [3.8, 4) is 0 Å². The lowest BCUT2D eigenvalue weighted by atomic mass is 9.82. The first-order chi connectivity index (χ1) is 24.9. The Labute approximate surface area is 303 Å². The molecule has 4 heterocycles. The zero-order valence-electron chi connectivity index (χ0n) is 31.2. The van der Waals surface area contributed by atoms with Gasteiger partial charge in [0.2, 0.25) is 0 Å². The van der Waals surface area contributed by atoms with Gasteiger partial charge in [0, 0.05) is 45.9 Å². The van der Waals surface area contributed by atoms with Gasteiger partial charge in [-0.3, -0.25) is 9.98 Å². The zero-order chi connectivity index (χ0) is 35.2. The number of aliphatic imine (C=N–C) groups is 2. The van der Waals surface area contributed by atoms with Crippen LogP contribution in [0.4, 0.5) is 0 Å². The first kappa shape index (κ1) is 33.2. The van der Waals surface area contributed by atoms with Crippen molar-refractivity contribution in [2.24, 2.45) is 9.98 Å². The number of nitrogens with zero attached hydrogens (tertiary/aromatic N) is 2. The number of aryl methyl sites for hydroxylation is 3. The largest absolute Gasteiger partial charge is 0.359 e. The van der Waals surface area contributed by atoms with Crippen molar-refractivity contribution >= 4 is 45.6 Å². The lowest BCUT2D eigenvalue weighted by molar-refractivity contribution is 0.788. The molecule has 5 aromatic rings. The second-order valence-electron chi connectivity index (χ2n) is 14.8. The van der Waals surface area contributed by atoms with Gasteiger partial charge in [-0.2, -0.15) is 0 Å². The number of hydrogen-bond donors (Lipinski definition) is 2. The van der Waals surface area contributed by atoms with Gasteiger partial charge >= 0.3 is 0 Å². The molecule has 51 heavy (non-hydrogen) atoms. The SMILES string of the molecule is CCCCc1c(C)[nH]c(/C=C2\N=C(CC3=N/C(=C\c4[nH]c(C)c(CCCC)c4C)c4ccc5ccccc5c43)C3=C2c2ccccc2CC3)c1C. The maximum atomic E-state index is 5.53. The third kappa shape index (κ3) is 5.89. The summed E-state index contributed by atoms with van der Waals surface area (Å²) >= 11 is 0. The van der Waals surface area contributed by atoms with Crippen molar-refractivity contribution < 1.29 is 0 Å². The van der Waals surface area contributed by atoms with E-state index in [-0.39, 0.29) is 0 Å². The van der Waals surface area contributed by atoms with Crippen molar-refractivity contribution in [1.29, 1.82) is 0 Å². The molecule has 0 saturated heterocycles. The molecule has 0 spiro atoms. The van der Waals surface area contributed by atoms with E-state index < -0.39 is 0 Å². The van der Waals surface area contributed by atoms with E-state index >= 15 is 0 Å². The lowest BCUT2D eigenvalue weighted by Gasteiger charge is -2.20. The quantitative estimate of drug-likeness (QED) is 0.149. The molecule has 0 fully saturated rings. The van der Waals surface area contributed by atoms with Crippen molar-refractivity contribution in [3.63, 3.8) is 0 Å². The third-order valence-corrected chi connectivity index (χ3v) is 11.6. The summed E-state index contributed by atoms with van der Waals surface area (Å²) in [5, 5.41) is 2.51. The number of rotatable bonds is 10. The molecule has 2 aliphatic heterocycles. The summed E-state index contributed by atoms with van der Waals surface area (Å²) in [6, 6.07) is 22.2. The number of aromatic amines is 2. The van der Waals surface area contributed by atoms with Gasteiger partial charge in [0.15, 0.2) is 0 Å². The average molecular weight is 671 g/mol. The topological polar surface area (TPSA) is 56.3 Å². The Bertz CT molecular complexity index is 2340. The Kier molecular flexibility index (Phi) is 8.88. The first-order valence-corrected chi connectivity index (χ1v) is 19.2. The Balaban J connectivity index is 1.25. The van der Waals surface area contributed by atoms with E-state index in [1.54, 1.807) is 0 Å². The van der Waals surface area contributed by atoms with Gasteiger partial charge in [-0.05, 0) is 128 Å². The van der Waals surface area contributed by atoms with E-state index in [9.17, 15) is 0 Å². The summed E-state index contributed by atoms with van der Waals surface area (Å²) in [4.78, 5) is 18.5. The summed E-state index contributed by atoms with van der Waals surface area (Å²) in [5.41, 5.74) is 22.8. The molecule has 2 aromatic heterocycles. The summed E-state index contributed by atoms with van der Waals surface area (Å²) in [6.45, 7) is 13.5. The third-order valence-electron chi connectivity index (χ3n) is 11.6. The van der Waals surface area contributed by atoms with Crippen LogP contribution in [0.3, 0.4) is 0 Å². The molecule has 0 amide bonds. The molecule has 3 aliphatic rings. The second-order valence-corrected chi connectivity index (χ2v) is 14.8. The van der Waals surface area contributed by atoms with E-state index in [4.69, 9.17) is 9.98 Å². The molecule has 3 aromatic carbocycles. The van der Waals surface area contributed by atoms with Crippen LogP contribution in [-0.2, 0) is 19.3 Å². The molecule has 2 N–H and O–H groups in total. The van der Waals surface area contributed by atoms with E-state index in [1.807, 2.05) is 0 Å². The molecule has 1 aliphatic carbocycles. The predicted octanol–water partition coefficient (Wildman–Crippen LogP) is 12.0. The molecule has 0 bridgehead atoms. The van der Waals surface area contributed by atoms with E-state index in [2.05, 4.69) is 124 Å². The van der Waals surface area contributed by atoms with Gasteiger partial charge < -0.3 is 9.97 Å². The highest BCUT2D eigenvalue weighted by Crippen LogP contribution is 2.45. The Morgan fingerprint density at radius 1 is 0.647 bits per heavy atom. The first-order valence-electron chi connectivity index (χ1n) is 19.2. The Hall–Kier alpha value is -4.96. The van der Waals surface area contributed by atoms with Gasteiger partial charge in [0.1, 0.15) is 0 Å². The molecule has 0 atom stereocenters. The minimum Gasteiger partial charge on any atom is -0.359 e. The van der Waals surface area contributed by atoms with Crippen LogP contribution in [-0.4, -0.2) is 21.4 Å². The van der Waals surface area contributed by atoms with Gasteiger partial charge in [0.25, 0.3) is 0 Å². The standard InChI is InChI=1S/C47H50N4/c1-7-9-17-34-28(3)40(48-30(34)5)25-42-38-23-21-33-16-12-14-20-37(33)47(38)45(50-42)27-43-39-24-22-32-15-11-13-19-36(32)46(39)44(51-43)26-41-29(4)35(18-10-8-2)31(6)49-41/h11-16,19-21,23,25-26,48-49H,7-10,17-18,22,24,27H2,1-6H3/b42-25-,44-26-. The number of hydrogen-bond acceptors (Lipinski definition) is 2. The predicted molar refractivity (Wildman–Crippen MR) is 218 cm³/mol. The fraction of sp³-hybridized carbons (Fsp3) is 0.319. The number of aromatic nitrogens is 2. The van der Waals surface area contributed by atoms with Crippen LogP contribution >= 0.6 is 0 Å². The number of benzene rings is 3. The normalized spacial score (nSPS) is 16.7. The highest BCUT2D eigenvalue weighted by molar-refractivity contribution is 6.30. The molecule has 4 heteroatoms. The zero-order valence-corrected chi connectivity index (χ0v) is 31.2. The molecule has 0 saturated carbocycles.